The highest BCUT2D eigenvalue weighted by Gasteiger charge is 2.58. The highest BCUT2D eigenvalue weighted by atomic mass is 19.4. The number of amides is 3. The largest absolute Gasteiger partial charge is 0.453 e. The second kappa shape index (κ2) is 8.45. The van der Waals surface area contributed by atoms with E-state index in [1.807, 2.05) is 5.32 Å². The Morgan fingerprint density at radius 2 is 1.52 bits per heavy atom. The van der Waals surface area contributed by atoms with Crippen LogP contribution in [0, 0.1) is 0 Å². The maximum atomic E-state index is 13.2. The standard InChI is InChI=1S/C22H20F5N3O3/c1-20(2,30-16(31)11-21(23,24)22(25,26)27)19(33)29-17-14-9-4-3-7-12(14)13-8-5-6-10-15(13)28-18(17)32/h3-10,17H,11H2,1-2H3,(H,28,32)(H,29,33)(H,30,31)/t17-/m0/s1. The van der Waals surface area contributed by atoms with Crippen LogP contribution in [0.2, 0.25) is 0 Å². The zero-order valence-electron chi connectivity index (χ0n) is 17.5. The quantitative estimate of drug-likeness (QED) is 0.580. The molecule has 0 aromatic heterocycles. The van der Waals surface area contributed by atoms with Crippen LogP contribution < -0.4 is 16.0 Å². The number of halogens is 5. The molecule has 2 aromatic carbocycles. The van der Waals surface area contributed by atoms with Crippen molar-refractivity contribution in [3.63, 3.8) is 0 Å². The van der Waals surface area contributed by atoms with Crippen LogP contribution in [0.4, 0.5) is 27.6 Å². The van der Waals surface area contributed by atoms with E-state index >= 15 is 0 Å². The van der Waals surface area contributed by atoms with Crippen molar-refractivity contribution in [1.29, 1.82) is 0 Å². The van der Waals surface area contributed by atoms with Crippen LogP contribution in [-0.4, -0.2) is 35.4 Å². The number of benzene rings is 2. The molecule has 0 saturated heterocycles. The zero-order valence-corrected chi connectivity index (χ0v) is 17.5. The first kappa shape index (κ1) is 24.1. The normalized spacial score (nSPS) is 16.1. The molecule has 3 rings (SSSR count). The number of para-hydroxylation sites is 1. The number of alkyl halides is 5. The highest BCUT2D eigenvalue weighted by Crippen LogP contribution is 2.39. The SMILES string of the molecule is CC(C)(NC(=O)CC(F)(F)C(F)(F)F)C(=O)N[C@@H]1C(=O)Nc2ccccc2-c2ccccc21. The summed E-state index contributed by atoms with van der Waals surface area (Å²) in [5, 5.41) is 7.05. The third-order valence-electron chi connectivity index (χ3n) is 5.10. The van der Waals surface area contributed by atoms with E-state index in [0.717, 1.165) is 13.8 Å². The van der Waals surface area contributed by atoms with Crippen molar-refractivity contribution in [1.82, 2.24) is 10.6 Å². The van der Waals surface area contributed by atoms with E-state index in [9.17, 15) is 36.3 Å². The Morgan fingerprint density at radius 3 is 2.15 bits per heavy atom. The van der Waals surface area contributed by atoms with E-state index in [0.29, 0.717) is 22.4 Å². The van der Waals surface area contributed by atoms with Gasteiger partial charge in [0.15, 0.2) is 0 Å². The number of fused-ring (bicyclic) bond motifs is 3. The molecule has 0 saturated carbocycles. The van der Waals surface area contributed by atoms with Gasteiger partial charge in [-0.3, -0.25) is 14.4 Å². The molecule has 0 unspecified atom stereocenters. The summed E-state index contributed by atoms with van der Waals surface area (Å²) in [6.45, 7) is 2.25. The molecule has 0 spiro atoms. The minimum absolute atomic E-state index is 0.444. The molecule has 176 valence electrons. The molecular weight excluding hydrogens is 449 g/mol. The summed E-state index contributed by atoms with van der Waals surface area (Å²) in [5.74, 6) is -8.47. The van der Waals surface area contributed by atoms with Gasteiger partial charge in [0.25, 0.3) is 5.91 Å². The summed E-state index contributed by atoms with van der Waals surface area (Å²) in [6, 6.07) is 12.5. The molecule has 3 amide bonds. The second-order valence-corrected chi connectivity index (χ2v) is 8.08. The van der Waals surface area contributed by atoms with E-state index in [-0.39, 0.29) is 0 Å². The van der Waals surface area contributed by atoms with E-state index in [2.05, 4.69) is 10.6 Å². The van der Waals surface area contributed by atoms with Crippen molar-refractivity contribution in [2.24, 2.45) is 0 Å². The number of hydrogen-bond donors (Lipinski definition) is 3. The Balaban J connectivity index is 1.82. The lowest BCUT2D eigenvalue weighted by molar-refractivity contribution is -0.282. The first-order chi connectivity index (χ1) is 15.2. The monoisotopic (exact) mass is 469 g/mol. The summed E-state index contributed by atoms with van der Waals surface area (Å²) in [7, 11) is 0. The topological polar surface area (TPSA) is 87.3 Å². The number of carbonyl (C=O) groups excluding carboxylic acids is 3. The van der Waals surface area contributed by atoms with Gasteiger partial charge in [-0.15, -0.1) is 0 Å². The Hall–Kier alpha value is -3.50. The number of rotatable bonds is 5. The number of anilines is 1. The first-order valence-corrected chi connectivity index (χ1v) is 9.79. The van der Waals surface area contributed by atoms with E-state index in [4.69, 9.17) is 0 Å². The van der Waals surface area contributed by atoms with Gasteiger partial charge in [-0.2, -0.15) is 22.0 Å². The van der Waals surface area contributed by atoms with E-state index < -0.39 is 47.8 Å². The molecule has 0 radical (unpaired) electrons. The van der Waals surface area contributed by atoms with Crippen LogP contribution in [0.25, 0.3) is 11.1 Å². The first-order valence-electron chi connectivity index (χ1n) is 9.79. The van der Waals surface area contributed by atoms with Crippen LogP contribution in [0.15, 0.2) is 48.5 Å². The minimum atomic E-state index is -5.91. The van der Waals surface area contributed by atoms with E-state index in [1.165, 1.54) is 0 Å². The summed E-state index contributed by atoms with van der Waals surface area (Å²) < 4.78 is 63.5. The van der Waals surface area contributed by atoms with Crippen LogP contribution in [0.5, 0.6) is 0 Å². The maximum Gasteiger partial charge on any atom is 0.453 e. The van der Waals surface area contributed by atoms with Crippen molar-refractivity contribution in [3.8, 4) is 11.1 Å². The second-order valence-electron chi connectivity index (χ2n) is 8.08. The molecule has 0 aliphatic carbocycles. The maximum absolute atomic E-state index is 13.2. The molecule has 0 fully saturated rings. The van der Waals surface area contributed by atoms with Crippen LogP contribution in [0.3, 0.4) is 0 Å². The lowest BCUT2D eigenvalue weighted by Crippen LogP contribution is -2.57. The van der Waals surface area contributed by atoms with Gasteiger partial charge in [0.05, 0.1) is 6.42 Å². The number of hydrogen-bond acceptors (Lipinski definition) is 3. The molecule has 1 atom stereocenters. The third kappa shape index (κ3) is 4.96. The molecule has 6 nitrogen and oxygen atoms in total. The van der Waals surface area contributed by atoms with Gasteiger partial charge >= 0.3 is 12.1 Å². The van der Waals surface area contributed by atoms with Gasteiger partial charge in [0, 0.05) is 11.3 Å². The molecule has 0 bridgehead atoms. The Labute approximate surface area is 185 Å². The number of nitrogens with one attached hydrogen (secondary N) is 3. The molecule has 1 aliphatic heterocycles. The fourth-order valence-electron chi connectivity index (χ4n) is 3.37. The van der Waals surface area contributed by atoms with Gasteiger partial charge in [-0.05, 0) is 31.0 Å². The third-order valence-corrected chi connectivity index (χ3v) is 5.10. The van der Waals surface area contributed by atoms with Crippen molar-refractivity contribution < 1.29 is 36.3 Å². The van der Waals surface area contributed by atoms with Gasteiger partial charge in [0.2, 0.25) is 11.8 Å². The zero-order chi connectivity index (χ0) is 24.6. The number of carbonyl (C=O) groups is 3. The summed E-state index contributed by atoms with van der Waals surface area (Å²) >= 11 is 0. The lowest BCUT2D eigenvalue weighted by Gasteiger charge is -2.29. The molecule has 2 aromatic rings. The van der Waals surface area contributed by atoms with Crippen molar-refractivity contribution >= 4 is 23.4 Å². The predicted octanol–water partition coefficient (Wildman–Crippen LogP) is 3.95. The van der Waals surface area contributed by atoms with Crippen molar-refractivity contribution in [2.75, 3.05) is 5.32 Å². The van der Waals surface area contributed by atoms with Crippen molar-refractivity contribution in [2.45, 2.75) is 43.9 Å². The molecular formula is C22H20F5N3O3. The Morgan fingerprint density at radius 1 is 0.939 bits per heavy atom. The van der Waals surface area contributed by atoms with Crippen LogP contribution in [-0.2, 0) is 14.4 Å². The van der Waals surface area contributed by atoms with Gasteiger partial charge in [-0.1, -0.05) is 42.5 Å². The van der Waals surface area contributed by atoms with Gasteiger partial charge < -0.3 is 16.0 Å². The van der Waals surface area contributed by atoms with Gasteiger partial charge in [-0.25, -0.2) is 0 Å². The summed E-state index contributed by atoms with van der Waals surface area (Å²) in [6.07, 6.45) is -8.08. The molecule has 1 aliphatic rings. The minimum Gasteiger partial charge on any atom is -0.342 e. The van der Waals surface area contributed by atoms with E-state index in [1.54, 1.807) is 48.5 Å². The Kier molecular flexibility index (Phi) is 6.18. The smallest absolute Gasteiger partial charge is 0.342 e. The average Bonchev–Trinajstić information content (AvgIpc) is 2.81. The molecule has 11 heteroatoms. The van der Waals surface area contributed by atoms with Gasteiger partial charge in [0.1, 0.15) is 11.6 Å². The fourth-order valence-corrected chi connectivity index (χ4v) is 3.37. The fraction of sp³-hybridized carbons (Fsp3) is 0.318. The van der Waals surface area contributed by atoms with Crippen LogP contribution >= 0.6 is 0 Å². The van der Waals surface area contributed by atoms with Crippen LogP contribution in [0.1, 0.15) is 31.9 Å². The molecule has 3 N–H and O–H groups in total. The molecule has 33 heavy (non-hydrogen) atoms. The summed E-state index contributed by atoms with van der Waals surface area (Å²) in [5.41, 5.74) is 0.420. The Bertz CT molecular complexity index is 1100. The molecule has 1 heterocycles. The van der Waals surface area contributed by atoms with Crippen molar-refractivity contribution in [3.05, 3.63) is 54.1 Å². The average molecular weight is 469 g/mol. The highest BCUT2D eigenvalue weighted by molar-refractivity contribution is 6.05. The lowest BCUT2D eigenvalue weighted by atomic mass is 9.94. The predicted molar refractivity (Wildman–Crippen MR) is 109 cm³/mol. The summed E-state index contributed by atoms with van der Waals surface area (Å²) in [4.78, 5) is 37.6.